The van der Waals surface area contributed by atoms with Gasteiger partial charge >= 0.3 is 0 Å². The number of fused-ring (bicyclic) bond motifs is 1. The summed E-state index contributed by atoms with van der Waals surface area (Å²) in [7, 11) is 0. The normalized spacial score (nSPS) is 18.7. The minimum Gasteiger partial charge on any atom is -0.507 e. The number of hydrogen-bond donors (Lipinski definition) is 2. The van der Waals surface area contributed by atoms with E-state index in [0.717, 1.165) is 28.0 Å². The summed E-state index contributed by atoms with van der Waals surface area (Å²) in [4.78, 5) is 17.0. The average molecular weight is 373 g/mol. The number of carbonyl (C=O) groups excluding carboxylic acids is 1. The summed E-state index contributed by atoms with van der Waals surface area (Å²) >= 11 is 0. The number of aromatic nitrogens is 2. The van der Waals surface area contributed by atoms with Crippen molar-refractivity contribution in [3.05, 3.63) is 34.0 Å². The van der Waals surface area contributed by atoms with Crippen molar-refractivity contribution in [3.63, 3.8) is 0 Å². The van der Waals surface area contributed by atoms with E-state index in [1.54, 1.807) is 0 Å². The average Bonchev–Trinajstić information content (AvgIpc) is 3.12. The zero-order valence-corrected chi connectivity index (χ0v) is 16.6. The van der Waals surface area contributed by atoms with Crippen molar-refractivity contribution in [1.82, 2.24) is 15.5 Å². The Morgan fingerprint density at radius 2 is 2.00 bits per heavy atom. The summed E-state index contributed by atoms with van der Waals surface area (Å²) < 4.78 is 11.3. The quantitative estimate of drug-likeness (QED) is 0.836. The third-order valence-corrected chi connectivity index (χ3v) is 5.45. The van der Waals surface area contributed by atoms with Gasteiger partial charge in [0.05, 0.1) is 0 Å². The lowest BCUT2D eigenvalue weighted by Crippen LogP contribution is -2.51. The van der Waals surface area contributed by atoms with Crippen molar-refractivity contribution < 1.29 is 19.2 Å². The molecule has 0 spiro atoms. The van der Waals surface area contributed by atoms with Crippen LogP contribution in [0.25, 0.3) is 0 Å². The third kappa shape index (κ3) is 3.50. The van der Waals surface area contributed by atoms with Crippen LogP contribution in [0.1, 0.15) is 54.2 Å². The fraction of sp³-hybridized carbons (Fsp3) is 0.550. The van der Waals surface area contributed by atoms with Crippen molar-refractivity contribution in [2.24, 2.45) is 0 Å². The van der Waals surface area contributed by atoms with Crippen LogP contribution in [0, 0.1) is 20.8 Å². The molecule has 3 rings (SSSR count). The van der Waals surface area contributed by atoms with Gasteiger partial charge in [-0.3, -0.25) is 4.79 Å². The maximum absolute atomic E-state index is 12.8. The Bertz CT molecular complexity index is 875. The monoisotopic (exact) mass is 373 g/mol. The fourth-order valence-corrected chi connectivity index (χ4v) is 3.42. The highest BCUT2D eigenvalue weighted by Crippen LogP contribution is 2.43. The van der Waals surface area contributed by atoms with Gasteiger partial charge in [-0.05, 0) is 50.8 Å². The summed E-state index contributed by atoms with van der Waals surface area (Å²) in [5, 5.41) is 17.1. The number of rotatable bonds is 5. The minimum absolute atomic E-state index is 0.157. The number of carbonyl (C=O) groups is 1. The first-order valence-corrected chi connectivity index (χ1v) is 9.37. The second kappa shape index (κ2) is 7.21. The Morgan fingerprint density at radius 3 is 2.67 bits per heavy atom. The number of aryl methyl sites for hydroxylation is 1. The molecular formula is C20H27N3O4. The molecule has 7 heteroatoms. The van der Waals surface area contributed by atoms with Gasteiger partial charge in [-0.2, -0.15) is 4.98 Å². The number of amides is 1. The van der Waals surface area contributed by atoms with Gasteiger partial charge in [-0.1, -0.05) is 12.1 Å². The molecule has 0 fully saturated rings. The van der Waals surface area contributed by atoms with Crippen LogP contribution in [0.2, 0.25) is 0 Å². The topological polar surface area (TPSA) is 97.5 Å². The fourth-order valence-electron chi connectivity index (χ4n) is 3.42. The number of phenolic OH excluding ortho intramolecular Hbond substituents is 1. The summed E-state index contributed by atoms with van der Waals surface area (Å²) in [6.45, 7) is 9.85. The van der Waals surface area contributed by atoms with Crippen molar-refractivity contribution in [1.29, 1.82) is 0 Å². The van der Waals surface area contributed by atoms with Crippen molar-refractivity contribution >= 4 is 5.91 Å². The molecule has 0 saturated heterocycles. The van der Waals surface area contributed by atoms with E-state index in [0.29, 0.717) is 49.7 Å². The standard InChI is InChI=1S/C20H27N3O4/c1-6-16-22-15(23-27-16)8-10-21-19(25)20(5)9-7-14-13(4)17(24)11(2)12(3)18(14)26-20/h24H,6-10H2,1-5H3,(H,21,25). The van der Waals surface area contributed by atoms with Crippen LogP contribution in [0.15, 0.2) is 4.52 Å². The zero-order valence-electron chi connectivity index (χ0n) is 16.6. The van der Waals surface area contributed by atoms with Gasteiger partial charge in [-0.15, -0.1) is 0 Å². The van der Waals surface area contributed by atoms with Gasteiger partial charge in [0.2, 0.25) is 5.89 Å². The molecule has 1 aliphatic heterocycles. The molecule has 0 radical (unpaired) electrons. The number of ether oxygens (including phenoxy) is 1. The summed E-state index contributed by atoms with van der Waals surface area (Å²) in [5.41, 5.74) is 2.55. The maximum atomic E-state index is 12.8. The largest absolute Gasteiger partial charge is 0.507 e. The first-order chi connectivity index (χ1) is 12.8. The van der Waals surface area contributed by atoms with Crippen LogP contribution in [-0.4, -0.2) is 33.3 Å². The van der Waals surface area contributed by atoms with E-state index in [-0.39, 0.29) is 5.91 Å². The highest BCUT2D eigenvalue weighted by molar-refractivity contribution is 5.85. The van der Waals surface area contributed by atoms with E-state index < -0.39 is 5.60 Å². The lowest BCUT2D eigenvalue weighted by molar-refractivity contribution is -0.136. The number of hydrogen-bond acceptors (Lipinski definition) is 6. The Kier molecular flexibility index (Phi) is 5.13. The van der Waals surface area contributed by atoms with Crippen LogP contribution in [-0.2, 0) is 24.1 Å². The molecule has 1 amide bonds. The number of nitrogens with zero attached hydrogens (tertiary/aromatic N) is 2. The molecule has 0 aliphatic carbocycles. The van der Waals surface area contributed by atoms with Gasteiger partial charge in [0.25, 0.3) is 5.91 Å². The summed E-state index contributed by atoms with van der Waals surface area (Å²) in [6.07, 6.45) is 2.44. The molecule has 2 aromatic rings. The van der Waals surface area contributed by atoms with Crippen LogP contribution < -0.4 is 10.1 Å². The predicted molar refractivity (Wildman–Crippen MR) is 100 cm³/mol. The molecule has 1 aromatic heterocycles. The van der Waals surface area contributed by atoms with Crippen LogP contribution >= 0.6 is 0 Å². The third-order valence-electron chi connectivity index (χ3n) is 5.45. The van der Waals surface area contributed by atoms with Gasteiger partial charge in [0.15, 0.2) is 11.4 Å². The van der Waals surface area contributed by atoms with Crippen molar-refractivity contribution in [2.75, 3.05) is 6.54 Å². The van der Waals surface area contributed by atoms with E-state index in [2.05, 4.69) is 15.5 Å². The molecule has 2 N–H and O–H groups in total. The van der Waals surface area contributed by atoms with E-state index >= 15 is 0 Å². The highest BCUT2D eigenvalue weighted by Gasteiger charge is 2.40. The highest BCUT2D eigenvalue weighted by atomic mass is 16.5. The number of aromatic hydroxyl groups is 1. The minimum atomic E-state index is -0.945. The SMILES string of the molecule is CCc1nc(CCNC(=O)C2(C)CCc3c(C)c(O)c(C)c(C)c3O2)no1. The molecule has 1 unspecified atom stereocenters. The second-order valence-corrected chi connectivity index (χ2v) is 7.33. The van der Waals surface area contributed by atoms with E-state index in [1.165, 1.54) is 0 Å². The Balaban J connectivity index is 1.69. The van der Waals surface area contributed by atoms with Gasteiger partial charge in [0, 0.05) is 31.4 Å². The van der Waals surface area contributed by atoms with Crippen LogP contribution in [0.5, 0.6) is 11.5 Å². The summed E-state index contributed by atoms with van der Waals surface area (Å²) in [6, 6.07) is 0. The number of nitrogens with one attached hydrogen (secondary N) is 1. The van der Waals surface area contributed by atoms with Crippen LogP contribution in [0.3, 0.4) is 0 Å². The molecule has 1 aromatic carbocycles. The Labute approximate surface area is 159 Å². The lowest BCUT2D eigenvalue weighted by Gasteiger charge is -2.36. The molecule has 1 atom stereocenters. The molecule has 146 valence electrons. The molecule has 0 bridgehead atoms. The molecular weight excluding hydrogens is 346 g/mol. The van der Waals surface area contributed by atoms with Crippen LogP contribution in [0.4, 0.5) is 0 Å². The zero-order chi connectivity index (χ0) is 19.8. The molecule has 1 aliphatic rings. The second-order valence-electron chi connectivity index (χ2n) is 7.33. The lowest BCUT2D eigenvalue weighted by atomic mass is 9.86. The molecule has 7 nitrogen and oxygen atoms in total. The first kappa shape index (κ1) is 19.2. The van der Waals surface area contributed by atoms with E-state index in [1.807, 2.05) is 34.6 Å². The molecule has 27 heavy (non-hydrogen) atoms. The maximum Gasteiger partial charge on any atom is 0.263 e. The molecule has 0 saturated carbocycles. The molecule has 2 heterocycles. The number of benzene rings is 1. The first-order valence-electron chi connectivity index (χ1n) is 9.37. The van der Waals surface area contributed by atoms with Gasteiger partial charge in [0.1, 0.15) is 11.5 Å². The van der Waals surface area contributed by atoms with E-state index in [9.17, 15) is 9.90 Å². The predicted octanol–water partition coefficient (Wildman–Crippen LogP) is 2.71. The van der Waals surface area contributed by atoms with Crippen molar-refractivity contribution in [3.8, 4) is 11.5 Å². The van der Waals surface area contributed by atoms with Crippen molar-refractivity contribution in [2.45, 2.75) is 65.9 Å². The number of phenols is 1. The Hall–Kier alpha value is -2.57. The Morgan fingerprint density at radius 1 is 1.26 bits per heavy atom. The van der Waals surface area contributed by atoms with Gasteiger partial charge in [-0.25, -0.2) is 0 Å². The van der Waals surface area contributed by atoms with Gasteiger partial charge < -0.3 is 19.7 Å². The smallest absolute Gasteiger partial charge is 0.263 e. The van der Waals surface area contributed by atoms with E-state index in [4.69, 9.17) is 9.26 Å². The summed E-state index contributed by atoms with van der Waals surface area (Å²) in [5.74, 6) is 2.06.